The first kappa shape index (κ1) is 39.8. The van der Waals surface area contributed by atoms with Crippen LogP contribution in [0.2, 0.25) is 0 Å². The Morgan fingerprint density at radius 2 is 1.75 bits per heavy atom. The summed E-state index contributed by atoms with van der Waals surface area (Å²) in [6, 6.07) is 5.18. The monoisotopic (exact) mass is 758 g/mol. The van der Waals surface area contributed by atoms with Crippen LogP contribution in [-0.2, 0) is 22.6 Å². The Morgan fingerprint density at radius 1 is 0.964 bits per heavy atom. The number of fused-ring (bicyclic) bond motifs is 7. The van der Waals surface area contributed by atoms with Gasteiger partial charge in [-0.1, -0.05) is 71.4 Å². The summed E-state index contributed by atoms with van der Waals surface area (Å²) in [6.45, 7) is 18.2. The highest BCUT2D eigenvalue weighted by Crippen LogP contribution is 2.75. The quantitative estimate of drug-likeness (QED) is 0.141. The fraction of sp³-hybridized carbons (Fsp3) is 0.733. The van der Waals surface area contributed by atoms with Crippen molar-refractivity contribution in [2.24, 2.45) is 56.7 Å². The van der Waals surface area contributed by atoms with E-state index in [-0.39, 0.29) is 52.1 Å². The molecule has 10 nitrogen and oxygen atoms in total. The van der Waals surface area contributed by atoms with E-state index in [0.29, 0.717) is 66.0 Å². The molecule has 10 atom stereocenters. The first-order valence-electron chi connectivity index (χ1n) is 21.0. The van der Waals surface area contributed by atoms with E-state index in [0.717, 1.165) is 44.9 Å². The molecule has 1 unspecified atom stereocenters. The molecule has 302 valence electrons. The van der Waals surface area contributed by atoms with Gasteiger partial charge in [0.15, 0.2) is 11.5 Å². The number of hydrogen-bond donors (Lipinski definition) is 2. The minimum atomic E-state index is -0.484. The molecule has 7 rings (SSSR count). The Hall–Kier alpha value is -3.40. The zero-order chi connectivity index (χ0) is 39.6. The molecule has 2 N–H and O–H groups in total. The van der Waals surface area contributed by atoms with E-state index in [1.807, 2.05) is 6.20 Å². The van der Waals surface area contributed by atoms with Gasteiger partial charge in [-0.25, -0.2) is 0 Å². The second kappa shape index (κ2) is 14.5. The van der Waals surface area contributed by atoms with Crippen LogP contribution in [0.5, 0.6) is 11.5 Å². The molecule has 5 aliphatic rings. The van der Waals surface area contributed by atoms with Gasteiger partial charge in [0, 0.05) is 13.0 Å². The largest absolute Gasteiger partial charge is 0.493 e. The minimum Gasteiger partial charge on any atom is -0.493 e. The molecule has 0 radical (unpaired) electrons. The Morgan fingerprint density at radius 3 is 2.49 bits per heavy atom. The number of aliphatic hydroxyl groups excluding tert-OH is 1. The van der Waals surface area contributed by atoms with Gasteiger partial charge >= 0.3 is 5.97 Å². The molecule has 0 bridgehead atoms. The zero-order valence-electron chi connectivity index (χ0n) is 34.9. The number of aryl methyl sites for hydroxylation is 1. The number of aliphatic hydroxyl groups is 1. The van der Waals surface area contributed by atoms with E-state index in [9.17, 15) is 14.7 Å². The van der Waals surface area contributed by atoms with Crippen LogP contribution < -0.4 is 14.8 Å². The summed E-state index contributed by atoms with van der Waals surface area (Å²) in [6.07, 6.45) is 14.1. The second-order valence-corrected chi connectivity index (χ2v) is 19.4. The third kappa shape index (κ3) is 6.22. The second-order valence-electron chi connectivity index (χ2n) is 19.4. The summed E-state index contributed by atoms with van der Waals surface area (Å²) in [7, 11) is 3.05. The number of carbonyl (C=O) groups is 2. The number of nitrogens with one attached hydrogen (secondary N) is 1. The molecule has 4 fully saturated rings. The fourth-order valence-corrected chi connectivity index (χ4v) is 13.2. The Labute approximate surface area is 328 Å². The van der Waals surface area contributed by atoms with Crippen LogP contribution in [0.25, 0.3) is 0 Å². The van der Waals surface area contributed by atoms with Crippen LogP contribution in [0.4, 0.5) is 0 Å². The molecule has 5 aliphatic carbocycles. The summed E-state index contributed by atoms with van der Waals surface area (Å²) in [4.78, 5) is 27.4. The Bertz CT molecular complexity index is 1800. The highest BCUT2D eigenvalue weighted by atomic mass is 16.5. The first-order valence-corrected chi connectivity index (χ1v) is 21.0. The molecule has 0 spiro atoms. The summed E-state index contributed by atoms with van der Waals surface area (Å²) < 4.78 is 18.7. The minimum absolute atomic E-state index is 0.0138. The molecule has 0 saturated heterocycles. The number of allylic oxidation sites excluding steroid dienone is 2. The predicted octanol–water partition coefficient (Wildman–Crippen LogP) is 8.18. The van der Waals surface area contributed by atoms with Crippen molar-refractivity contribution >= 4 is 11.9 Å². The molecule has 1 aromatic carbocycles. The lowest BCUT2D eigenvalue weighted by Gasteiger charge is -2.71. The maximum atomic E-state index is 14.5. The average Bonchev–Trinajstić information content (AvgIpc) is 3.62. The van der Waals surface area contributed by atoms with Crippen LogP contribution >= 0.6 is 0 Å². The van der Waals surface area contributed by atoms with Crippen LogP contribution in [0.3, 0.4) is 0 Å². The number of para-hydroxylation sites is 1. The molecule has 1 heterocycles. The lowest BCUT2D eigenvalue weighted by atomic mass is 9.33. The number of rotatable bonds is 10. The topological polar surface area (TPSA) is 125 Å². The van der Waals surface area contributed by atoms with E-state index >= 15 is 0 Å². The molecular weight excluding hydrogens is 693 g/mol. The van der Waals surface area contributed by atoms with Gasteiger partial charge in [-0.3, -0.25) is 14.3 Å². The smallest absolute Gasteiger partial charge is 0.312 e. The lowest BCUT2D eigenvalue weighted by molar-refractivity contribution is -0.207. The van der Waals surface area contributed by atoms with Crippen LogP contribution in [0.15, 0.2) is 36.0 Å². The van der Waals surface area contributed by atoms with Crippen LogP contribution in [0.1, 0.15) is 129 Å². The summed E-state index contributed by atoms with van der Waals surface area (Å²) >= 11 is 0. The van der Waals surface area contributed by atoms with Crippen molar-refractivity contribution in [3.05, 3.63) is 47.3 Å². The van der Waals surface area contributed by atoms with Gasteiger partial charge in [-0.2, -0.15) is 0 Å². The molecule has 4 saturated carbocycles. The third-order valence-electron chi connectivity index (χ3n) is 16.8. The standard InChI is InChI=1S/C45H66N4O6/c1-28-16-21-45(40(52)55-25-11-24-49-27-30(47-48-49)26-46-39(51)31-12-10-13-33(53-8)38(31)54-9)23-22-43(6)32(37(45)29(28)2)14-15-35-42(5)19-18-36(50)41(3,4)34(42)17-20-44(35,43)7/h10,12-14,27-29,34-37,50H,11,15-26H2,1-9H3,(H,46,51)/t28-,29+,34?,35-,36+,37+,42+,43-,44-,45+/m1/s1. The fourth-order valence-electron chi connectivity index (χ4n) is 13.2. The number of benzene rings is 1. The van der Waals surface area contributed by atoms with Crippen molar-refractivity contribution in [3.8, 4) is 11.5 Å². The first-order chi connectivity index (χ1) is 26.1. The SMILES string of the molecule is COc1cccc(C(=O)NCc2cn(CCCOC(=O)[C@]34CC[C@@H](C)[C@H](C)[C@H]3C3=CC[C@@H]5[C@@]6(C)CC[C@H](O)C(C)(C)C6CC[C@@]5(C)[C@]3(C)CC4)nn2)c1OC. The highest BCUT2D eigenvalue weighted by molar-refractivity contribution is 5.97. The predicted molar refractivity (Wildman–Crippen MR) is 211 cm³/mol. The molecule has 2 aromatic rings. The van der Waals surface area contributed by atoms with Crippen molar-refractivity contribution in [3.63, 3.8) is 0 Å². The summed E-state index contributed by atoms with van der Waals surface area (Å²) in [5.74, 6) is 2.80. The maximum Gasteiger partial charge on any atom is 0.312 e. The maximum absolute atomic E-state index is 14.5. The number of hydrogen-bond acceptors (Lipinski definition) is 8. The van der Waals surface area contributed by atoms with E-state index in [1.54, 1.807) is 28.5 Å². The van der Waals surface area contributed by atoms with E-state index in [4.69, 9.17) is 14.2 Å². The van der Waals surface area contributed by atoms with E-state index in [1.165, 1.54) is 27.1 Å². The molecule has 0 aliphatic heterocycles. The molecule has 10 heteroatoms. The summed E-state index contributed by atoms with van der Waals surface area (Å²) in [5, 5.41) is 22.5. The van der Waals surface area contributed by atoms with E-state index < -0.39 is 5.41 Å². The van der Waals surface area contributed by atoms with E-state index in [2.05, 4.69) is 70.2 Å². The van der Waals surface area contributed by atoms with Gasteiger partial charge in [-0.15, -0.1) is 5.10 Å². The number of ether oxygens (including phenoxy) is 3. The Kier molecular flexibility index (Phi) is 10.5. The van der Waals surface area contributed by atoms with Crippen molar-refractivity contribution in [1.29, 1.82) is 0 Å². The van der Waals surface area contributed by atoms with Gasteiger partial charge in [0.2, 0.25) is 0 Å². The van der Waals surface area contributed by atoms with Gasteiger partial charge in [0.05, 0.1) is 50.7 Å². The van der Waals surface area contributed by atoms with Crippen molar-refractivity contribution in [2.75, 3.05) is 20.8 Å². The third-order valence-corrected chi connectivity index (χ3v) is 16.8. The molecule has 55 heavy (non-hydrogen) atoms. The lowest BCUT2D eigenvalue weighted by Crippen LogP contribution is -2.65. The van der Waals surface area contributed by atoms with Crippen molar-refractivity contribution in [1.82, 2.24) is 20.3 Å². The van der Waals surface area contributed by atoms with Gasteiger partial charge in [0.1, 0.15) is 5.69 Å². The zero-order valence-corrected chi connectivity index (χ0v) is 34.9. The number of amides is 1. The van der Waals surface area contributed by atoms with Gasteiger partial charge in [-0.05, 0) is 121 Å². The van der Waals surface area contributed by atoms with Crippen LogP contribution in [-0.4, -0.2) is 58.9 Å². The normalized spacial score (nSPS) is 37.6. The number of nitrogens with zero attached hydrogens (tertiary/aromatic N) is 3. The number of aromatic nitrogens is 3. The molecular formula is C45H66N4O6. The van der Waals surface area contributed by atoms with Crippen molar-refractivity contribution < 1.29 is 28.9 Å². The summed E-state index contributed by atoms with van der Waals surface area (Å²) in [5.41, 5.74) is 2.40. The number of esters is 1. The van der Waals surface area contributed by atoms with Crippen molar-refractivity contribution in [2.45, 2.75) is 132 Å². The number of methoxy groups -OCH3 is 2. The molecule has 1 amide bonds. The number of carbonyl (C=O) groups excluding carboxylic acids is 2. The average molecular weight is 759 g/mol. The van der Waals surface area contributed by atoms with Gasteiger partial charge < -0.3 is 24.6 Å². The Balaban J connectivity index is 1.01. The van der Waals surface area contributed by atoms with Crippen LogP contribution in [0, 0.1) is 56.7 Å². The van der Waals surface area contributed by atoms with Gasteiger partial charge in [0.25, 0.3) is 5.91 Å². The highest BCUT2D eigenvalue weighted by Gasteiger charge is 2.69. The molecule has 1 aromatic heterocycles.